The summed E-state index contributed by atoms with van der Waals surface area (Å²) < 4.78 is 5.58. The number of aliphatic carboxylic acids is 1. The van der Waals surface area contributed by atoms with Crippen LogP contribution in [0.25, 0.3) is 0 Å². The van der Waals surface area contributed by atoms with Gasteiger partial charge in [-0.3, -0.25) is 4.79 Å². The molecule has 0 aliphatic heterocycles. The molecule has 2 N–H and O–H groups in total. The summed E-state index contributed by atoms with van der Waals surface area (Å²) in [5, 5.41) is 12.1. The van der Waals surface area contributed by atoms with Crippen LogP contribution in [0.5, 0.6) is 5.75 Å². The fourth-order valence-electron chi connectivity index (χ4n) is 2.69. The average Bonchev–Trinajstić information content (AvgIpc) is 2.97. The molecule has 1 aromatic rings. The molecule has 0 unspecified atom stereocenters. The smallest absolute Gasteiger partial charge is 0.329 e. The van der Waals surface area contributed by atoms with E-state index in [1.54, 1.807) is 24.3 Å². The zero-order valence-electron chi connectivity index (χ0n) is 13.6. The van der Waals surface area contributed by atoms with Crippen LogP contribution in [0.1, 0.15) is 49.9 Å². The fourth-order valence-corrected chi connectivity index (χ4v) is 2.69. The maximum atomic E-state index is 12.4. The molecule has 0 aromatic heterocycles. The maximum absolute atomic E-state index is 12.4. The minimum absolute atomic E-state index is 0.373. The summed E-state index contributed by atoms with van der Waals surface area (Å²) >= 11 is 0. The molecule has 0 saturated heterocycles. The molecule has 1 fully saturated rings. The molecule has 0 spiro atoms. The molecule has 0 bridgehead atoms. The molecular weight excluding hydrogens is 294 g/mol. The van der Waals surface area contributed by atoms with Crippen LogP contribution in [0.3, 0.4) is 0 Å². The predicted octanol–water partition coefficient (Wildman–Crippen LogP) is 3.16. The van der Waals surface area contributed by atoms with E-state index in [9.17, 15) is 14.7 Å². The number of carboxylic acids is 1. The Balaban J connectivity index is 2.07. The average molecular weight is 317 g/mol. The molecule has 23 heavy (non-hydrogen) atoms. The highest BCUT2D eigenvalue weighted by Crippen LogP contribution is 2.30. The van der Waals surface area contributed by atoms with Crippen LogP contribution in [-0.4, -0.2) is 29.1 Å². The second-order valence-corrected chi connectivity index (χ2v) is 6.17. The van der Waals surface area contributed by atoms with Gasteiger partial charge in [-0.25, -0.2) is 4.79 Å². The molecule has 0 radical (unpaired) electrons. The van der Waals surface area contributed by atoms with Gasteiger partial charge in [0.2, 0.25) is 0 Å². The molecule has 1 aliphatic carbocycles. The Bertz CT molecular complexity index is 611. The minimum atomic E-state index is -1.13. The number of amides is 1. The van der Waals surface area contributed by atoms with Crippen LogP contribution >= 0.6 is 0 Å². The molecule has 124 valence electrons. The lowest BCUT2D eigenvalue weighted by atomic mass is 9.97. The number of rotatable bonds is 6. The molecule has 1 aromatic carbocycles. The van der Waals surface area contributed by atoms with Crippen molar-refractivity contribution >= 4 is 11.9 Å². The lowest BCUT2D eigenvalue weighted by Crippen LogP contribution is -2.52. The fraction of sp³-hybridized carbons (Fsp3) is 0.444. The largest absolute Gasteiger partial charge is 0.490 e. The third-order valence-electron chi connectivity index (χ3n) is 4.06. The lowest BCUT2D eigenvalue weighted by Gasteiger charge is -2.25. The highest BCUT2D eigenvalue weighted by atomic mass is 16.5. The normalized spacial score (nSPS) is 15.7. The number of allylic oxidation sites excluding steroid dienone is 1. The summed E-state index contributed by atoms with van der Waals surface area (Å²) in [6.07, 6.45) is 4.54. The number of hydrogen-bond donors (Lipinski definition) is 2. The number of benzene rings is 1. The highest BCUT2D eigenvalue weighted by Gasteiger charge is 2.42. The Labute approximate surface area is 136 Å². The Morgan fingerprint density at radius 1 is 1.30 bits per heavy atom. The number of nitrogens with one attached hydrogen (secondary N) is 1. The minimum Gasteiger partial charge on any atom is -0.490 e. The first-order chi connectivity index (χ1) is 10.9. The van der Waals surface area contributed by atoms with E-state index in [2.05, 4.69) is 5.32 Å². The van der Waals surface area contributed by atoms with Gasteiger partial charge in [0.25, 0.3) is 5.91 Å². The van der Waals surface area contributed by atoms with Crippen molar-refractivity contribution in [2.75, 3.05) is 6.61 Å². The van der Waals surface area contributed by atoms with E-state index < -0.39 is 11.5 Å². The summed E-state index contributed by atoms with van der Waals surface area (Å²) in [6.45, 7) is 4.41. The molecule has 1 amide bonds. The van der Waals surface area contributed by atoms with Gasteiger partial charge < -0.3 is 15.2 Å². The van der Waals surface area contributed by atoms with Gasteiger partial charge in [0, 0.05) is 5.56 Å². The first kappa shape index (κ1) is 17.1. The molecule has 2 rings (SSSR count). The van der Waals surface area contributed by atoms with Gasteiger partial charge in [0.1, 0.15) is 17.9 Å². The first-order valence-corrected chi connectivity index (χ1v) is 7.85. The first-order valence-electron chi connectivity index (χ1n) is 7.85. The topological polar surface area (TPSA) is 75.6 Å². The summed E-state index contributed by atoms with van der Waals surface area (Å²) in [5.74, 6) is -0.743. The van der Waals surface area contributed by atoms with E-state index in [1.807, 2.05) is 19.9 Å². The van der Waals surface area contributed by atoms with Crippen LogP contribution < -0.4 is 10.1 Å². The summed E-state index contributed by atoms with van der Waals surface area (Å²) in [7, 11) is 0. The number of hydrogen-bond acceptors (Lipinski definition) is 3. The summed E-state index contributed by atoms with van der Waals surface area (Å²) in [4.78, 5) is 23.9. The molecule has 5 heteroatoms. The molecule has 5 nitrogen and oxygen atoms in total. The number of ether oxygens (including phenoxy) is 1. The quantitative estimate of drug-likeness (QED) is 0.790. The third kappa shape index (κ3) is 4.34. The number of carbonyl (C=O) groups is 2. The van der Waals surface area contributed by atoms with Crippen LogP contribution in [0.15, 0.2) is 35.9 Å². The Morgan fingerprint density at radius 2 is 2.00 bits per heavy atom. The Morgan fingerprint density at radius 3 is 2.61 bits per heavy atom. The lowest BCUT2D eigenvalue weighted by molar-refractivity contribution is -0.144. The molecular formula is C18H23NO4. The van der Waals surface area contributed by atoms with Crippen molar-refractivity contribution < 1.29 is 19.4 Å². The molecule has 0 heterocycles. The van der Waals surface area contributed by atoms with Crippen molar-refractivity contribution in [3.63, 3.8) is 0 Å². The second kappa shape index (κ2) is 7.31. The van der Waals surface area contributed by atoms with Gasteiger partial charge in [-0.1, -0.05) is 24.5 Å². The van der Waals surface area contributed by atoms with Gasteiger partial charge in [-0.05, 0) is 51.0 Å². The third-order valence-corrected chi connectivity index (χ3v) is 4.06. The summed E-state index contributed by atoms with van der Waals surface area (Å²) in [6, 6.07) is 6.80. The molecule has 0 atom stereocenters. The maximum Gasteiger partial charge on any atom is 0.329 e. The van der Waals surface area contributed by atoms with Crippen molar-refractivity contribution in [2.45, 2.75) is 45.1 Å². The van der Waals surface area contributed by atoms with E-state index in [0.717, 1.165) is 18.4 Å². The van der Waals surface area contributed by atoms with Crippen LogP contribution in [0.2, 0.25) is 0 Å². The van der Waals surface area contributed by atoms with Crippen molar-refractivity contribution in [3.8, 4) is 5.75 Å². The zero-order valence-corrected chi connectivity index (χ0v) is 13.6. The van der Waals surface area contributed by atoms with Crippen LogP contribution in [-0.2, 0) is 4.79 Å². The predicted molar refractivity (Wildman–Crippen MR) is 87.7 cm³/mol. The van der Waals surface area contributed by atoms with Crippen molar-refractivity contribution in [1.82, 2.24) is 5.32 Å². The van der Waals surface area contributed by atoms with Gasteiger partial charge in [-0.15, -0.1) is 0 Å². The van der Waals surface area contributed by atoms with Crippen molar-refractivity contribution in [1.29, 1.82) is 0 Å². The monoisotopic (exact) mass is 317 g/mol. The van der Waals surface area contributed by atoms with Crippen LogP contribution in [0, 0.1) is 0 Å². The zero-order chi connectivity index (χ0) is 16.9. The molecule has 1 saturated carbocycles. The van der Waals surface area contributed by atoms with Crippen molar-refractivity contribution in [3.05, 3.63) is 41.5 Å². The standard InChI is InChI=1S/C18H23NO4/c1-13(2)8-11-23-15-7-5-6-14(12-15)16(20)19-18(17(21)22)9-3-4-10-18/h5-8,12H,3-4,9-11H2,1-2H3,(H,19,20)(H,21,22). The van der Waals surface area contributed by atoms with Gasteiger partial charge in [-0.2, -0.15) is 0 Å². The molecule has 1 aliphatic rings. The van der Waals surface area contributed by atoms with Gasteiger partial charge in [0.15, 0.2) is 0 Å². The van der Waals surface area contributed by atoms with E-state index in [1.165, 1.54) is 0 Å². The SMILES string of the molecule is CC(C)=CCOc1cccc(C(=O)NC2(C(=O)O)CCCC2)c1. The van der Waals surface area contributed by atoms with E-state index in [4.69, 9.17) is 4.74 Å². The number of carboxylic acid groups (broad SMARTS) is 1. The summed E-state index contributed by atoms with van der Waals surface area (Å²) in [5.41, 5.74) is 0.437. The van der Waals surface area contributed by atoms with Crippen LogP contribution in [0.4, 0.5) is 0 Å². The Kier molecular flexibility index (Phi) is 5.42. The van der Waals surface area contributed by atoms with E-state index in [-0.39, 0.29) is 5.91 Å². The Hall–Kier alpha value is -2.30. The van der Waals surface area contributed by atoms with Gasteiger partial charge in [0.05, 0.1) is 0 Å². The highest BCUT2D eigenvalue weighted by molar-refractivity contribution is 5.98. The van der Waals surface area contributed by atoms with E-state index >= 15 is 0 Å². The van der Waals surface area contributed by atoms with Crippen molar-refractivity contribution in [2.24, 2.45) is 0 Å². The van der Waals surface area contributed by atoms with Gasteiger partial charge >= 0.3 is 5.97 Å². The second-order valence-electron chi connectivity index (χ2n) is 6.17. The van der Waals surface area contributed by atoms with E-state index in [0.29, 0.717) is 30.8 Å². The number of carbonyl (C=O) groups excluding carboxylic acids is 1.